The molecular weight excluding hydrogens is 386 g/mol. The lowest BCUT2D eigenvalue weighted by Crippen LogP contribution is -2.34. The van der Waals surface area contributed by atoms with Crippen molar-refractivity contribution in [1.29, 1.82) is 0 Å². The van der Waals surface area contributed by atoms with Crippen LogP contribution in [0.3, 0.4) is 0 Å². The van der Waals surface area contributed by atoms with Crippen molar-refractivity contribution in [2.75, 3.05) is 27.9 Å². The average Bonchev–Trinajstić information content (AvgIpc) is 2.71. The van der Waals surface area contributed by atoms with E-state index in [4.69, 9.17) is 25.8 Å². The lowest BCUT2D eigenvalue weighted by molar-refractivity contribution is -0.120. The van der Waals surface area contributed by atoms with Gasteiger partial charge in [0.1, 0.15) is 0 Å². The lowest BCUT2D eigenvalue weighted by Gasteiger charge is -2.12. The molecule has 28 heavy (non-hydrogen) atoms. The Morgan fingerprint density at radius 3 is 2.18 bits per heavy atom. The van der Waals surface area contributed by atoms with Crippen LogP contribution in [0, 0.1) is 0 Å². The van der Waals surface area contributed by atoms with E-state index in [-0.39, 0.29) is 12.5 Å². The normalized spacial score (nSPS) is 10.4. The van der Waals surface area contributed by atoms with Crippen LogP contribution >= 0.6 is 11.6 Å². The molecule has 0 aliphatic heterocycles. The number of hydrogen-bond acceptors (Lipinski definition) is 6. The highest BCUT2D eigenvalue weighted by molar-refractivity contribution is 6.30. The van der Waals surface area contributed by atoms with Gasteiger partial charge in [0.2, 0.25) is 5.75 Å². The topological polar surface area (TPSA) is 98.2 Å². The monoisotopic (exact) mass is 405 g/mol. The molecule has 0 heterocycles. The van der Waals surface area contributed by atoms with Gasteiger partial charge < -0.3 is 19.5 Å². The van der Waals surface area contributed by atoms with Crippen molar-refractivity contribution < 1.29 is 23.8 Å². The van der Waals surface area contributed by atoms with Gasteiger partial charge in [-0.25, -0.2) is 5.43 Å². The summed E-state index contributed by atoms with van der Waals surface area (Å²) in [7, 11) is 4.51. The van der Waals surface area contributed by atoms with Crippen LogP contribution in [0.2, 0.25) is 5.02 Å². The Morgan fingerprint density at radius 1 is 1.04 bits per heavy atom. The fourth-order valence-corrected chi connectivity index (χ4v) is 2.38. The molecule has 2 amide bonds. The molecule has 9 heteroatoms. The maximum Gasteiger partial charge on any atom is 0.259 e. The van der Waals surface area contributed by atoms with Gasteiger partial charge in [-0.15, -0.1) is 0 Å². The van der Waals surface area contributed by atoms with Crippen LogP contribution in [-0.4, -0.2) is 45.9 Å². The Bertz CT molecular complexity index is 843. The number of amides is 2. The summed E-state index contributed by atoms with van der Waals surface area (Å²) in [5.74, 6) is 0.511. The van der Waals surface area contributed by atoms with Crippen LogP contribution in [0.15, 0.2) is 41.5 Å². The fraction of sp³-hybridized carbons (Fsp3) is 0.211. The smallest absolute Gasteiger partial charge is 0.259 e. The largest absolute Gasteiger partial charge is 0.493 e. The first kappa shape index (κ1) is 21.0. The molecule has 148 valence electrons. The van der Waals surface area contributed by atoms with Crippen molar-refractivity contribution in [1.82, 2.24) is 10.7 Å². The number of nitrogens with zero attached hydrogens (tertiary/aromatic N) is 1. The van der Waals surface area contributed by atoms with Crippen molar-refractivity contribution in [2.45, 2.75) is 0 Å². The van der Waals surface area contributed by atoms with Crippen LogP contribution in [0.25, 0.3) is 0 Å². The molecule has 0 aliphatic rings. The van der Waals surface area contributed by atoms with Crippen LogP contribution in [0.1, 0.15) is 15.9 Å². The Hall–Kier alpha value is -3.26. The number of ether oxygens (including phenoxy) is 3. The standard InChI is InChI=1S/C19H20ClN3O5/c1-26-15-8-12(9-16(27-2)18(15)28-3)10-22-23-17(24)11-21-19(25)13-4-6-14(20)7-5-13/h4-10H,11H2,1-3H3,(H,21,25)(H,23,24)/b22-10+. The summed E-state index contributed by atoms with van der Waals surface area (Å²) >= 11 is 5.77. The Kier molecular flexibility index (Phi) is 7.65. The van der Waals surface area contributed by atoms with E-state index < -0.39 is 5.91 Å². The van der Waals surface area contributed by atoms with E-state index in [1.807, 2.05) is 0 Å². The first-order chi connectivity index (χ1) is 13.5. The van der Waals surface area contributed by atoms with Gasteiger partial charge in [0.05, 0.1) is 34.1 Å². The van der Waals surface area contributed by atoms with E-state index >= 15 is 0 Å². The summed E-state index contributed by atoms with van der Waals surface area (Å²) in [6, 6.07) is 9.69. The van der Waals surface area contributed by atoms with Crippen molar-refractivity contribution in [2.24, 2.45) is 5.10 Å². The maximum atomic E-state index is 11.9. The third-order valence-electron chi connectivity index (χ3n) is 3.61. The SMILES string of the molecule is COc1cc(/C=N/NC(=O)CNC(=O)c2ccc(Cl)cc2)cc(OC)c1OC. The van der Waals surface area contributed by atoms with E-state index in [9.17, 15) is 9.59 Å². The summed E-state index contributed by atoms with van der Waals surface area (Å²) in [6.45, 7) is -0.228. The molecule has 8 nitrogen and oxygen atoms in total. The molecule has 0 spiro atoms. The van der Waals surface area contributed by atoms with Gasteiger partial charge in [0, 0.05) is 16.1 Å². The number of rotatable bonds is 8. The molecule has 2 N–H and O–H groups in total. The highest BCUT2D eigenvalue weighted by Crippen LogP contribution is 2.37. The first-order valence-corrected chi connectivity index (χ1v) is 8.52. The number of halogens is 1. The quantitative estimate of drug-likeness (QED) is 0.518. The zero-order valence-electron chi connectivity index (χ0n) is 15.6. The second-order valence-electron chi connectivity index (χ2n) is 5.44. The molecule has 0 atom stereocenters. The fourth-order valence-electron chi connectivity index (χ4n) is 2.26. The van der Waals surface area contributed by atoms with E-state index in [1.54, 1.807) is 36.4 Å². The van der Waals surface area contributed by atoms with Crippen molar-refractivity contribution in [3.05, 3.63) is 52.5 Å². The number of carbonyl (C=O) groups is 2. The molecular formula is C19H20ClN3O5. The van der Waals surface area contributed by atoms with Gasteiger partial charge in [-0.1, -0.05) is 11.6 Å². The van der Waals surface area contributed by atoms with Gasteiger partial charge in [0.15, 0.2) is 11.5 Å². The van der Waals surface area contributed by atoms with E-state index in [1.165, 1.54) is 27.5 Å². The molecule has 0 bridgehead atoms. The minimum absolute atomic E-state index is 0.228. The van der Waals surface area contributed by atoms with Crippen molar-refractivity contribution >= 4 is 29.6 Å². The molecule has 0 saturated carbocycles. The number of carbonyl (C=O) groups excluding carboxylic acids is 2. The molecule has 0 aliphatic carbocycles. The molecule has 0 saturated heterocycles. The van der Waals surface area contributed by atoms with E-state index in [2.05, 4.69) is 15.8 Å². The van der Waals surface area contributed by atoms with Gasteiger partial charge in [-0.2, -0.15) is 5.10 Å². The number of benzene rings is 2. The van der Waals surface area contributed by atoms with Gasteiger partial charge >= 0.3 is 0 Å². The summed E-state index contributed by atoms with van der Waals surface area (Å²) in [5, 5.41) is 6.88. The molecule has 0 unspecified atom stereocenters. The molecule has 2 rings (SSSR count). The van der Waals surface area contributed by atoms with E-state index in [0.29, 0.717) is 33.4 Å². The Balaban J connectivity index is 1.92. The van der Waals surface area contributed by atoms with Gasteiger partial charge in [0.25, 0.3) is 11.8 Å². The van der Waals surface area contributed by atoms with E-state index in [0.717, 1.165) is 0 Å². The molecule has 0 radical (unpaired) electrons. The summed E-state index contributed by atoms with van der Waals surface area (Å²) in [5.41, 5.74) is 3.36. The second-order valence-corrected chi connectivity index (χ2v) is 5.88. The highest BCUT2D eigenvalue weighted by atomic mass is 35.5. The summed E-state index contributed by atoms with van der Waals surface area (Å²) < 4.78 is 15.7. The number of nitrogens with one attached hydrogen (secondary N) is 2. The third kappa shape index (κ3) is 5.62. The van der Waals surface area contributed by atoms with Crippen molar-refractivity contribution in [3.8, 4) is 17.2 Å². The summed E-state index contributed by atoms with van der Waals surface area (Å²) in [4.78, 5) is 23.8. The van der Waals surface area contributed by atoms with Crippen LogP contribution in [0.5, 0.6) is 17.2 Å². The van der Waals surface area contributed by atoms with Gasteiger partial charge in [-0.3, -0.25) is 9.59 Å². The predicted molar refractivity (Wildman–Crippen MR) is 106 cm³/mol. The predicted octanol–water partition coefficient (Wildman–Crippen LogP) is 2.25. The van der Waals surface area contributed by atoms with Crippen molar-refractivity contribution in [3.63, 3.8) is 0 Å². The number of hydrazone groups is 1. The second kappa shape index (κ2) is 10.2. The molecule has 0 fully saturated rings. The molecule has 2 aromatic rings. The number of hydrogen-bond donors (Lipinski definition) is 2. The zero-order valence-corrected chi connectivity index (χ0v) is 16.4. The average molecular weight is 406 g/mol. The molecule has 2 aromatic carbocycles. The Labute approximate surface area is 167 Å². The Morgan fingerprint density at radius 2 is 1.64 bits per heavy atom. The summed E-state index contributed by atoms with van der Waals surface area (Å²) in [6.07, 6.45) is 1.42. The van der Waals surface area contributed by atoms with Crippen LogP contribution in [-0.2, 0) is 4.79 Å². The minimum Gasteiger partial charge on any atom is -0.493 e. The molecule has 0 aromatic heterocycles. The number of methoxy groups -OCH3 is 3. The van der Waals surface area contributed by atoms with Crippen LogP contribution in [0.4, 0.5) is 0 Å². The minimum atomic E-state index is -0.481. The lowest BCUT2D eigenvalue weighted by atomic mass is 10.2. The third-order valence-corrected chi connectivity index (χ3v) is 3.86. The zero-order chi connectivity index (χ0) is 20.5. The highest BCUT2D eigenvalue weighted by Gasteiger charge is 2.12. The first-order valence-electron chi connectivity index (χ1n) is 8.14. The van der Waals surface area contributed by atoms with Gasteiger partial charge in [-0.05, 0) is 36.4 Å². The maximum absolute atomic E-state index is 11.9. The van der Waals surface area contributed by atoms with Crippen LogP contribution < -0.4 is 25.0 Å².